The highest BCUT2D eigenvalue weighted by atomic mass is 35.5. The van der Waals surface area contributed by atoms with Crippen molar-refractivity contribution in [2.24, 2.45) is 5.41 Å². The lowest BCUT2D eigenvalue weighted by atomic mass is 10.1. The molecule has 0 unspecified atom stereocenters. The van der Waals surface area contributed by atoms with E-state index in [1.54, 1.807) is 12.1 Å². The number of hydrogen-bond donors (Lipinski definition) is 2. The van der Waals surface area contributed by atoms with Crippen molar-refractivity contribution in [2.75, 3.05) is 31.5 Å². The third-order valence-electron chi connectivity index (χ3n) is 6.90. The number of methoxy groups -OCH3 is 2. The van der Waals surface area contributed by atoms with E-state index in [2.05, 4.69) is 15.6 Å². The summed E-state index contributed by atoms with van der Waals surface area (Å²) in [6.07, 6.45) is -1.94. The number of hydrogen-bond acceptors (Lipinski definition) is 7. The standard InChI is InChI=1S/C30H24ClF4N3O6/c1-41-25-13-18-22(14-26(25)43-15-29(8-9-29)27(39)42-2)36-10-7-23(18)44-24-6-4-17(12-21(24)32)38-28(40)37-16-3-5-20(31)19(11-16)30(33,34)35/h3-7,10-14H,8-9,15H2,1-2H3,(H2,37,38,40). The molecule has 1 aliphatic rings. The van der Waals surface area contributed by atoms with Crippen molar-refractivity contribution in [1.29, 1.82) is 0 Å². The molecule has 5 rings (SSSR count). The molecule has 44 heavy (non-hydrogen) atoms. The number of carbonyl (C=O) groups excluding carboxylic acids is 2. The van der Waals surface area contributed by atoms with Gasteiger partial charge in [-0.2, -0.15) is 13.2 Å². The Kier molecular flexibility index (Phi) is 8.42. The molecule has 1 saturated carbocycles. The number of benzene rings is 3. The van der Waals surface area contributed by atoms with Gasteiger partial charge in [-0.1, -0.05) is 11.6 Å². The van der Waals surface area contributed by atoms with Gasteiger partial charge in [0.2, 0.25) is 0 Å². The van der Waals surface area contributed by atoms with Crippen LogP contribution in [0.5, 0.6) is 23.0 Å². The molecule has 4 aromatic rings. The maximum Gasteiger partial charge on any atom is 0.417 e. The molecule has 1 heterocycles. The van der Waals surface area contributed by atoms with Crippen LogP contribution in [0.3, 0.4) is 0 Å². The molecule has 0 atom stereocenters. The van der Waals surface area contributed by atoms with Crippen LogP contribution in [-0.4, -0.2) is 37.8 Å². The second kappa shape index (κ2) is 12.1. The number of esters is 1. The van der Waals surface area contributed by atoms with Crippen molar-refractivity contribution >= 4 is 45.9 Å². The maximum absolute atomic E-state index is 15.0. The van der Waals surface area contributed by atoms with Crippen LogP contribution in [-0.2, 0) is 15.7 Å². The average Bonchev–Trinajstić information content (AvgIpc) is 3.78. The highest BCUT2D eigenvalue weighted by Gasteiger charge is 2.52. The lowest BCUT2D eigenvalue weighted by molar-refractivity contribution is -0.148. The molecule has 9 nitrogen and oxygen atoms in total. The summed E-state index contributed by atoms with van der Waals surface area (Å²) < 4.78 is 76.4. The second-order valence-electron chi connectivity index (χ2n) is 9.91. The van der Waals surface area contributed by atoms with Crippen molar-refractivity contribution in [3.05, 3.63) is 77.2 Å². The Morgan fingerprint density at radius 2 is 1.64 bits per heavy atom. The molecule has 2 N–H and O–H groups in total. The minimum atomic E-state index is -4.71. The van der Waals surface area contributed by atoms with Gasteiger partial charge in [0.15, 0.2) is 23.1 Å². The molecule has 0 bridgehead atoms. The van der Waals surface area contributed by atoms with Crippen molar-refractivity contribution in [3.8, 4) is 23.0 Å². The number of nitrogens with zero attached hydrogens (tertiary/aromatic N) is 1. The number of alkyl halides is 3. The first-order valence-corrected chi connectivity index (χ1v) is 13.4. The first-order chi connectivity index (χ1) is 20.9. The number of urea groups is 1. The minimum absolute atomic E-state index is 0.0146. The lowest BCUT2D eigenvalue weighted by Crippen LogP contribution is -2.24. The van der Waals surface area contributed by atoms with E-state index in [1.807, 2.05) is 0 Å². The third-order valence-corrected chi connectivity index (χ3v) is 7.23. The summed E-state index contributed by atoms with van der Waals surface area (Å²) in [6.45, 7) is 0.107. The molecule has 0 saturated heterocycles. The number of carbonyl (C=O) groups is 2. The smallest absolute Gasteiger partial charge is 0.417 e. The van der Waals surface area contributed by atoms with Gasteiger partial charge in [-0.25, -0.2) is 9.18 Å². The number of nitrogens with one attached hydrogen (secondary N) is 2. The number of pyridine rings is 1. The normalized spacial score (nSPS) is 13.6. The van der Waals surface area contributed by atoms with Gasteiger partial charge < -0.3 is 29.6 Å². The van der Waals surface area contributed by atoms with Crippen LogP contribution in [0.1, 0.15) is 18.4 Å². The lowest BCUT2D eigenvalue weighted by Gasteiger charge is -2.17. The molecule has 1 fully saturated rings. The summed E-state index contributed by atoms with van der Waals surface area (Å²) in [5.41, 5.74) is -1.49. The zero-order valence-corrected chi connectivity index (χ0v) is 23.9. The summed E-state index contributed by atoms with van der Waals surface area (Å²) in [5, 5.41) is 4.57. The van der Waals surface area contributed by atoms with E-state index < -0.39 is 34.0 Å². The van der Waals surface area contributed by atoms with E-state index in [0.29, 0.717) is 41.3 Å². The molecule has 14 heteroatoms. The Hall–Kier alpha value is -4.78. The summed E-state index contributed by atoms with van der Waals surface area (Å²) in [5.74, 6) is -0.408. The molecule has 2 amide bonds. The second-order valence-corrected chi connectivity index (χ2v) is 10.3. The van der Waals surface area contributed by atoms with Gasteiger partial charge in [0.25, 0.3) is 0 Å². The Balaban J connectivity index is 1.29. The monoisotopic (exact) mass is 633 g/mol. The van der Waals surface area contributed by atoms with E-state index in [1.165, 1.54) is 44.7 Å². The predicted octanol–water partition coefficient (Wildman–Crippen LogP) is 7.82. The topological polar surface area (TPSA) is 108 Å². The van der Waals surface area contributed by atoms with Gasteiger partial charge in [0.05, 0.1) is 30.3 Å². The van der Waals surface area contributed by atoms with E-state index in [0.717, 1.165) is 12.1 Å². The number of fused-ring (bicyclic) bond motifs is 1. The zero-order chi connectivity index (χ0) is 31.6. The van der Waals surface area contributed by atoms with Crippen molar-refractivity contribution in [3.63, 3.8) is 0 Å². The molecule has 3 aromatic carbocycles. The fourth-order valence-corrected chi connectivity index (χ4v) is 4.60. The van der Waals surface area contributed by atoms with Crippen LogP contribution >= 0.6 is 11.6 Å². The highest BCUT2D eigenvalue weighted by Crippen LogP contribution is 2.48. The van der Waals surface area contributed by atoms with E-state index >= 15 is 4.39 Å². The number of aromatic nitrogens is 1. The largest absolute Gasteiger partial charge is 0.493 e. The number of ether oxygens (including phenoxy) is 4. The van der Waals surface area contributed by atoms with Crippen LogP contribution in [0.2, 0.25) is 5.02 Å². The van der Waals surface area contributed by atoms with Crippen LogP contribution in [0.25, 0.3) is 10.9 Å². The maximum atomic E-state index is 15.0. The van der Waals surface area contributed by atoms with Gasteiger partial charge in [-0.15, -0.1) is 0 Å². The number of halogens is 5. The molecule has 0 spiro atoms. The van der Waals surface area contributed by atoms with Crippen molar-refractivity contribution < 1.29 is 46.1 Å². The van der Waals surface area contributed by atoms with Gasteiger partial charge in [0, 0.05) is 35.1 Å². The molecular weight excluding hydrogens is 610 g/mol. The predicted molar refractivity (Wildman–Crippen MR) is 153 cm³/mol. The SMILES string of the molecule is COC(=O)C1(COc2cc3nccc(Oc4ccc(NC(=O)Nc5ccc(Cl)c(C(F)(F)F)c5)cc4F)c3cc2OC)CC1. The van der Waals surface area contributed by atoms with Gasteiger partial charge in [-0.05, 0) is 55.3 Å². The van der Waals surface area contributed by atoms with E-state index in [9.17, 15) is 22.8 Å². The van der Waals surface area contributed by atoms with Crippen molar-refractivity contribution in [1.82, 2.24) is 4.98 Å². The Morgan fingerprint density at radius 1 is 0.932 bits per heavy atom. The molecule has 1 aliphatic carbocycles. The number of anilines is 2. The molecular formula is C30H24ClF4N3O6. The fourth-order valence-electron chi connectivity index (χ4n) is 4.37. The zero-order valence-electron chi connectivity index (χ0n) is 23.2. The summed E-state index contributed by atoms with van der Waals surface area (Å²) in [6, 6.07) is 10.4. The van der Waals surface area contributed by atoms with Gasteiger partial charge >= 0.3 is 18.2 Å². The van der Waals surface area contributed by atoms with Gasteiger partial charge in [-0.3, -0.25) is 9.78 Å². The minimum Gasteiger partial charge on any atom is -0.493 e. The van der Waals surface area contributed by atoms with Crippen molar-refractivity contribution in [2.45, 2.75) is 19.0 Å². The molecule has 0 radical (unpaired) electrons. The van der Waals surface area contributed by atoms with E-state index in [-0.39, 0.29) is 35.4 Å². The van der Waals surface area contributed by atoms with E-state index in [4.69, 9.17) is 30.5 Å². The summed E-state index contributed by atoms with van der Waals surface area (Å²) >= 11 is 5.60. The first-order valence-electron chi connectivity index (χ1n) is 13.0. The Bertz CT molecular complexity index is 1750. The van der Waals surface area contributed by atoms with Crippen LogP contribution in [0, 0.1) is 11.2 Å². The van der Waals surface area contributed by atoms with Crippen LogP contribution < -0.4 is 24.8 Å². The van der Waals surface area contributed by atoms with Crippen LogP contribution in [0.4, 0.5) is 33.7 Å². The Morgan fingerprint density at radius 3 is 2.27 bits per heavy atom. The van der Waals surface area contributed by atoms with Gasteiger partial charge in [0.1, 0.15) is 17.8 Å². The molecule has 0 aliphatic heterocycles. The highest BCUT2D eigenvalue weighted by molar-refractivity contribution is 6.31. The quantitative estimate of drug-likeness (QED) is 0.143. The Labute approximate surface area is 253 Å². The number of amides is 2. The molecule has 1 aromatic heterocycles. The van der Waals surface area contributed by atoms with Crippen LogP contribution in [0.15, 0.2) is 60.8 Å². The third kappa shape index (κ3) is 6.57. The summed E-state index contributed by atoms with van der Waals surface area (Å²) in [7, 11) is 2.78. The average molecular weight is 634 g/mol. The number of rotatable bonds is 9. The first kappa shape index (κ1) is 30.7. The fraction of sp³-hybridized carbons (Fsp3) is 0.233. The summed E-state index contributed by atoms with van der Waals surface area (Å²) in [4.78, 5) is 28.8. The molecule has 230 valence electrons.